The minimum absolute atomic E-state index is 0.0946. The Morgan fingerprint density at radius 3 is 1.80 bits per heavy atom. The van der Waals surface area contributed by atoms with Gasteiger partial charge in [0.05, 0.1) is 0 Å². The van der Waals surface area contributed by atoms with Crippen molar-refractivity contribution in [3.8, 4) is 0 Å². The Balaban J connectivity index is 2.42. The normalized spacial score (nSPS) is 21.9. The first-order chi connectivity index (χ1) is 16.0. The van der Waals surface area contributed by atoms with Gasteiger partial charge in [0.2, 0.25) is 0 Å². The van der Waals surface area contributed by atoms with Crippen molar-refractivity contribution in [1.29, 1.82) is 0 Å². The quantitative estimate of drug-likeness (QED) is 0.200. The molecule has 1 aromatic rings. The van der Waals surface area contributed by atoms with Gasteiger partial charge in [-0.05, 0) is 0 Å². The number of rotatable bonds is 13. The molecule has 0 spiro atoms. The van der Waals surface area contributed by atoms with Crippen molar-refractivity contribution in [3.05, 3.63) is 10.7 Å². The molecule has 0 saturated heterocycles. The zero-order valence-corrected chi connectivity index (χ0v) is 28.4. The van der Waals surface area contributed by atoms with Crippen LogP contribution in [0, 0.1) is 0 Å². The Kier molecular flexibility index (Phi) is 10.9. The van der Waals surface area contributed by atoms with Crippen LogP contribution in [0.5, 0.6) is 0 Å². The molecule has 8 heteroatoms. The molecule has 1 saturated carbocycles. The topological polar surface area (TPSA) is 22.1 Å². The molecule has 0 amide bonds. The van der Waals surface area contributed by atoms with Gasteiger partial charge in [0.15, 0.2) is 0 Å². The third kappa shape index (κ3) is 7.72. The van der Waals surface area contributed by atoms with E-state index in [1.54, 1.807) is 0 Å². The van der Waals surface area contributed by atoms with Crippen LogP contribution in [0.3, 0.4) is 0 Å². The summed E-state index contributed by atoms with van der Waals surface area (Å²) in [6.45, 7) is 19.9. The molecule has 0 bridgehead atoms. The molecule has 0 aromatic carbocycles. The second-order valence-electron chi connectivity index (χ2n) is 12.7. The number of aromatic nitrogens is 1. The van der Waals surface area contributed by atoms with Crippen molar-refractivity contribution < 1.29 is 17.6 Å². The molecule has 35 heavy (non-hydrogen) atoms. The van der Waals surface area contributed by atoms with Crippen LogP contribution in [0.25, 0.3) is 0 Å². The van der Waals surface area contributed by atoms with E-state index in [1.807, 2.05) is 0 Å². The van der Waals surface area contributed by atoms with Crippen LogP contribution < -0.4 is 2.89 Å². The Morgan fingerprint density at radius 1 is 0.971 bits per heavy atom. The molecule has 0 aliphatic heterocycles. The first-order valence-electron chi connectivity index (χ1n) is 13.8. The zero-order chi connectivity index (χ0) is 26.7. The summed E-state index contributed by atoms with van der Waals surface area (Å²) in [6, 6.07) is 0. The summed E-state index contributed by atoms with van der Waals surface area (Å²) >= 11 is -1.78. The summed E-state index contributed by atoms with van der Waals surface area (Å²) in [6.07, 6.45) is 3.51. The Hall–Kier alpha value is 0.396. The van der Waals surface area contributed by atoms with Crippen LogP contribution in [-0.2, 0) is 10.6 Å². The van der Waals surface area contributed by atoms with E-state index >= 15 is 0 Å². The number of hydrogen-bond donors (Lipinski definition) is 0. The molecule has 1 aliphatic carbocycles. The Bertz CT molecular complexity index is 791. The van der Waals surface area contributed by atoms with E-state index < -0.39 is 38.6 Å². The van der Waals surface area contributed by atoms with Gasteiger partial charge in [0.25, 0.3) is 0 Å². The number of hydrogen-bond acceptors (Lipinski definition) is 3. The molecular weight excluding hydrogens is 590 g/mol. The average molecular weight is 641 g/mol. The fraction of sp³-hybridized carbons (Fsp3) is 0.889. The first kappa shape index (κ1) is 31.6. The van der Waals surface area contributed by atoms with Gasteiger partial charge in [-0.25, -0.2) is 0 Å². The van der Waals surface area contributed by atoms with Gasteiger partial charge < -0.3 is 0 Å². The molecule has 2 nitrogen and oxygen atoms in total. The van der Waals surface area contributed by atoms with E-state index in [9.17, 15) is 13.2 Å². The standard InChI is InChI=1S/C15H23F3NOSSi.3C4H9.Sn/c1-13(2,3)22(5,6)20-14(4)7-10(8-14)12-19-11(9-21-12)15(16,17)18;3*1-3-4-2;/h10H,7-8H2,1-6H3;3*1,3-4H2,2H3;. The van der Waals surface area contributed by atoms with Crippen molar-refractivity contribution in [1.82, 2.24) is 4.98 Å². The van der Waals surface area contributed by atoms with Gasteiger partial charge in [-0.3, -0.25) is 0 Å². The molecule has 1 aromatic heterocycles. The van der Waals surface area contributed by atoms with Crippen LogP contribution in [0.4, 0.5) is 13.2 Å². The van der Waals surface area contributed by atoms with Gasteiger partial charge in [-0.15, -0.1) is 0 Å². The van der Waals surface area contributed by atoms with Crippen LogP contribution in [0.1, 0.15) is 116 Å². The van der Waals surface area contributed by atoms with Crippen LogP contribution in [0.2, 0.25) is 31.4 Å². The Morgan fingerprint density at radius 2 is 1.43 bits per heavy atom. The predicted octanol–water partition coefficient (Wildman–Crippen LogP) is 9.88. The van der Waals surface area contributed by atoms with Crippen molar-refractivity contribution in [2.24, 2.45) is 0 Å². The summed E-state index contributed by atoms with van der Waals surface area (Å²) in [5.74, 6) is 0.0946. The van der Waals surface area contributed by atoms with Gasteiger partial charge >= 0.3 is 223 Å². The number of unbranched alkanes of at least 4 members (excludes halogenated alkanes) is 3. The fourth-order valence-corrected chi connectivity index (χ4v) is 27.9. The van der Waals surface area contributed by atoms with Crippen molar-refractivity contribution >= 4 is 40.9 Å². The van der Waals surface area contributed by atoms with E-state index in [-0.39, 0.29) is 16.6 Å². The monoisotopic (exact) mass is 641 g/mol. The summed E-state index contributed by atoms with van der Waals surface area (Å²) in [4.78, 5) is 4.41. The molecular formula is C27H50F3NOSSiSn. The van der Waals surface area contributed by atoms with Crippen molar-refractivity contribution in [2.45, 2.75) is 149 Å². The van der Waals surface area contributed by atoms with E-state index in [0.29, 0.717) is 0 Å². The molecule has 204 valence electrons. The van der Waals surface area contributed by atoms with Crippen molar-refractivity contribution in [2.75, 3.05) is 0 Å². The minimum atomic E-state index is -4.36. The second kappa shape index (κ2) is 12.1. The maximum absolute atomic E-state index is 14.4. The predicted molar refractivity (Wildman–Crippen MR) is 150 cm³/mol. The summed E-state index contributed by atoms with van der Waals surface area (Å²) in [5.41, 5.74) is -0.749. The van der Waals surface area contributed by atoms with E-state index in [0.717, 1.165) is 72.6 Å². The Labute approximate surface area is 222 Å². The average Bonchev–Trinajstić information content (AvgIpc) is 3.17. The van der Waals surface area contributed by atoms with Gasteiger partial charge in [0, 0.05) is 0 Å². The van der Waals surface area contributed by atoms with Crippen molar-refractivity contribution in [3.63, 3.8) is 0 Å². The number of halogens is 3. The summed E-state index contributed by atoms with van der Waals surface area (Å²) in [5, 5.41) is 0.847. The van der Waals surface area contributed by atoms with E-state index in [4.69, 9.17) is 4.43 Å². The molecule has 1 heterocycles. The zero-order valence-electron chi connectivity index (χ0n) is 23.8. The van der Waals surface area contributed by atoms with Crippen LogP contribution in [0.15, 0.2) is 0 Å². The number of nitrogens with zero attached hydrogens (tertiary/aromatic N) is 1. The van der Waals surface area contributed by atoms with Gasteiger partial charge in [-0.2, -0.15) is 0 Å². The van der Waals surface area contributed by atoms with Crippen LogP contribution in [-0.4, -0.2) is 37.3 Å². The molecule has 0 unspecified atom stereocenters. The fourth-order valence-electron chi connectivity index (χ4n) is 5.33. The first-order valence-corrected chi connectivity index (χ1v) is 25.0. The van der Waals surface area contributed by atoms with E-state index in [1.165, 1.54) is 11.3 Å². The third-order valence-corrected chi connectivity index (χ3v) is 32.5. The maximum atomic E-state index is 14.4. The van der Waals surface area contributed by atoms with Crippen LogP contribution >= 0.6 is 11.3 Å². The molecule has 2 rings (SSSR count). The molecule has 1 aliphatic rings. The number of alkyl halides is 3. The van der Waals surface area contributed by atoms with Gasteiger partial charge in [-0.1, -0.05) is 0 Å². The molecule has 1 fully saturated rings. The summed E-state index contributed by atoms with van der Waals surface area (Å²) < 4.78 is 53.8. The molecule has 0 N–H and O–H groups in total. The second-order valence-corrected chi connectivity index (χ2v) is 32.5. The third-order valence-electron chi connectivity index (χ3n) is 8.43. The molecule has 0 radical (unpaired) electrons. The van der Waals surface area contributed by atoms with Gasteiger partial charge in [0.1, 0.15) is 0 Å². The molecule has 0 atom stereocenters. The van der Waals surface area contributed by atoms with E-state index in [2.05, 4.69) is 66.5 Å². The SMILES string of the molecule is CCC[CH2][Sn]([CH2]CCC)([CH2]CCC)[c]1sc(C2CC(C)(O[Si](C)(C)C(C)(C)C)C2)nc1C(F)(F)F. The number of thiazole rings is 1. The summed E-state index contributed by atoms with van der Waals surface area (Å²) in [7, 11) is -1.94.